The minimum Gasteiger partial charge on any atom is -0.493 e. The lowest BCUT2D eigenvalue weighted by Crippen LogP contribution is -2.27. The number of carbonyl (C=O) groups is 1. The summed E-state index contributed by atoms with van der Waals surface area (Å²) in [7, 11) is 0. The summed E-state index contributed by atoms with van der Waals surface area (Å²) in [5, 5.41) is 2.98. The van der Waals surface area contributed by atoms with Crippen LogP contribution in [0.1, 0.15) is 26.2 Å². The van der Waals surface area contributed by atoms with Gasteiger partial charge in [0, 0.05) is 11.9 Å². The predicted molar refractivity (Wildman–Crippen MR) is 74.1 cm³/mol. The van der Waals surface area contributed by atoms with Crippen molar-refractivity contribution in [2.75, 3.05) is 13.2 Å². The summed E-state index contributed by atoms with van der Waals surface area (Å²) >= 11 is 5.96. The van der Waals surface area contributed by atoms with Crippen LogP contribution >= 0.6 is 11.6 Å². The first-order valence-corrected chi connectivity index (χ1v) is 6.74. The Bertz CT molecular complexity index is 343. The van der Waals surface area contributed by atoms with Crippen LogP contribution in [0.2, 0.25) is 0 Å². The molecule has 1 rings (SSSR count). The topological polar surface area (TPSA) is 38.3 Å². The summed E-state index contributed by atoms with van der Waals surface area (Å²) in [6.45, 7) is 3.06. The fourth-order valence-corrected chi connectivity index (χ4v) is 1.55. The van der Waals surface area contributed by atoms with Gasteiger partial charge in [-0.3, -0.25) is 4.79 Å². The molecular weight excluding hydrogens is 250 g/mol. The van der Waals surface area contributed by atoms with E-state index in [1.165, 1.54) is 0 Å². The molecule has 0 bridgehead atoms. The number of alkyl halides is 1. The molecule has 0 aliphatic carbocycles. The second-order valence-electron chi connectivity index (χ2n) is 4.06. The maximum atomic E-state index is 11.5. The maximum Gasteiger partial charge on any atom is 0.223 e. The number of para-hydroxylation sites is 1. The van der Waals surface area contributed by atoms with Gasteiger partial charge in [0.2, 0.25) is 5.91 Å². The number of nitrogens with one attached hydrogen (secondary N) is 1. The van der Waals surface area contributed by atoms with Crippen molar-refractivity contribution in [1.82, 2.24) is 5.32 Å². The van der Waals surface area contributed by atoms with Gasteiger partial charge in [-0.15, -0.1) is 11.6 Å². The lowest BCUT2D eigenvalue weighted by atomic mass is 10.2. The summed E-state index contributed by atoms with van der Waals surface area (Å²) < 4.78 is 5.44. The number of hydrogen-bond donors (Lipinski definition) is 1. The molecule has 1 amide bonds. The molecule has 1 atom stereocenters. The minimum absolute atomic E-state index is 0.00546. The number of benzene rings is 1. The molecule has 18 heavy (non-hydrogen) atoms. The zero-order valence-corrected chi connectivity index (χ0v) is 11.5. The van der Waals surface area contributed by atoms with Gasteiger partial charge in [0.1, 0.15) is 5.75 Å². The fraction of sp³-hybridized carbons (Fsp3) is 0.500. The lowest BCUT2D eigenvalue weighted by molar-refractivity contribution is -0.121. The molecule has 1 N–H and O–H groups in total. The van der Waals surface area contributed by atoms with Gasteiger partial charge in [0.05, 0.1) is 13.0 Å². The standard InChI is InChI=1S/C14H20ClNO2/c1-2-12(15)8-10-16-14(17)9-11-18-13-6-4-3-5-7-13/h3-7,12H,2,8-11H2,1H3,(H,16,17). The van der Waals surface area contributed by atoms with Crippen molar-refractivity contribution in [3.8, 4) is 5.75 Å². The predicted octanol–water partition coefficient (Wildman–Crippen LogP) is 2.98. The second kappa shape index (κ2) is 8.81. The Morgan fingerprint density at radius 1 is 1.39 bits per heavy atom. The van der Waals surface area contributed by atoms with Gasteiger partial charge in [-0.25, -0.2) is 0 Å². The van der Waals surface area contributed by atoms with Crippen molar-refractivity contribution in [2.45, 2.75) is 31.6 Å². The first kappa shape index (κ1) is 14.8. The molecule has 0 heterocycles. The molecule has 1 unspecified atom stereocenters. The Morgan fingerprint density at radius 3 is 2.78 bits per heavy atom. The van der Waals surface area contributed by atoms with E-state index in [4.69, 9.17) is 16.3 Å². The molecular formula is C14H20ClNO2. The summed E-state index contributed by atoms with van der Waals surface area (Å²) in [6, 6.07) is 9.48. The Morgan fingerprint density at radius 2 is 2.11 bits per heavy atom. The Balaban J connectivity index is 2.07. The van der Waals surface area contributed by atoms with Crippen LogP contribution in [0.5, 0.6) is 5.75 Å². The van der Waals surface area contributed by atoms with Crippen LogP contribution < -0.4 is 10.1 Å². The quantitative estimate of drug-likeness (QED) is 0.737. The number of halogens is 1. The van der Waals surface area contributed by atoms with Gasteiger partial charge >= 0.3 is 0 Å². The van der Waals surface area contributed by atoms with Crippen molar-refractivity contribution in [3.05, 3.63) is 30.3 Å². The summed E-state index contributed by atoms with van der Waals surface area (Å²) in [4.78, 5) is 11.5. The van der Waals surface area contributed by atoms with E-state index in [0.717, 1.165) is 18.6 Å². The molecule has 0 aromatic heterocycles. The van der Waals surface area contributed by atoms with Gasteiger partial charge in [-0.05, 0) is 25.0 Å². The van der Waals surface area contributed by atoms with Crippen molar-refractivity contribution in [1.29, 1.82) is 0 Å². The highest BCUT2D eigenvalue weighted by Crippen LogP contribution is 2.08. The van der Waals surface area contributed by atoms with Crippen LogP contribution in [0.15, 0.2) is 30.3 Å². The number of rotatable bonds is 8. The van der Waals surface area contributed by atoms with E-state index < -0.39 is 0 Å². The first-order chi connectivity index (χ1) is 8.72. The Kier molecular flexibility index (Phi) is 7.26. The highest BCUT2D eigenvalue weighted by Gasteiger charge is 2.04. The molecule has 0 radical (unpaired) electrons. The van der Waals surface area contributed by atoms with E-state index >= 15 is 0 Å². The zero-order chi connectivity index (χ0) is 13.2. The van der Waals surface area contributed by atoms with Gasteiger partial charge in [0.25, 0.3) is 0 Å². The molecule has 1 aromatic carbocycles. The smallest absolute Gasteiger partial charge is 0.223 e. The zero-order valence-electron chi connectivity index (χ0n) is 10.7. The van der Waals surface area contributed by atoms with Crippen LogP contribution in [-0.2, 0) is 4.79 Å². The van der Waals surface area contributed by atoms with E-state index in [2.05, 4.69) is 5.32 Å². The first-order valence-electron chi connectivity index (χ1n) is 6.31. The molecule has 0 saturated carbocycles. The van der Waals surface area contributed by atoms with Gasteiger partial charge in [-0.2, -0.15) is 0 Å². The highest BCUT2D eigenvalue weighted by molar-refractivity contribution is 6.20. The number of ether oxygens (including phenoxy) is 1. The average molecular weight is 270 g/mol. The fourth-order valence-electron chi connectivity index (χ4n) is 1.44. The minimum atomic E-state index is 0.00546. The summed E-state index contributed by atoms with van der Waals surface area (Å²) in [5.74, 6) is 0.794. The normalized spacial score (nSPS) is 11.9. The molecule has 3 nitrogen and oxygen atoms in total. The van der Waals surface area contributed by atoms with Crippen molar-refractivity contribution in [3.63, 3.8) is 0 Å². The van der Waals surface area contributed by atoms with Crippen LogP contribution in [0.3, 0.4) is 0 Å². The summed E-state index contributed by atoms with van der Waals surface area (Å²) in [5.41, 5.74) is 0. The Hall–Kier alpha value is -1.22. The average Bonchev–Trinajstić information content (AvgIpc) is 2.39. The largest absolute Gasteiger partial charge is 0.493 e. The van der Waals surface area contributed by atoms with Crippen molar-refractivity contribution < 1.29 is 9.53 Å². The molecule has 0 spiro atoms. The maximum absolute atomic E-state index is 11.5. The lowest BCUT2D eigenvalue weighted by Gasteiger charge is -2.09. The number of amides is 1. The molecule has 1 aromatic rings. The van der Waals surface area contributed by atoms with Crippen LogP contribution in [0.4, 0.5) is 0 Å². The monoisotopic (exact) mass is 269 g/mol. The van der Waals surface area contributed by atoms with Gasteiger partial charge in [0.15, 0.2) is 0 Å². The van der Waals surface area contributed by atoms with E-state index in [1.807, 2.05) is 37.3 Å². The number of carbonyl (C=O) groups excluding carboxylic acids is 1. The molecule has 0 aliphatic heterocycles. The summed E-state index contributed by atoms with van der Waals surface area (Å²) in [6.07, 6.45) is 2.10. The molecule has 100 valence electrons. The molecule has 4 heteroatoms. The van der Waals surface area contributed by atoms with Crippen LogP contribution in [0.25, 0.3) is 0 Å². The number of hydrogen-bond acceptors (Lipinski definition) is 2. The molecule has 0 saturated heterocycles. The van der Waals surface area contributed by atoms with E-state index in [1.54, 1.807) is 0 Å². The van der Waals surface area contributed by atoms with Crippen LogP contribution in [0, 0.1) is 0 Å². The van der Waals surface area contributed by atoms with Gasteiger partial charge in [-0.1, -0.05) is 25.1 Å². The third kappa shape index (κ3) is 6.50. The van der Waals surface area contributed by atoms with Crippen LogP contribution in [-0.4, -0.2) is 24.4 Å². The van der Waals surface area contributed by atoms with Crippen molar-refractivity contribution >= 4 is 17.5 Å². The molecule has 0 aliphatic rings. The third-order valence-electron chi connectivity index (χ3n) is 2.56. The highest BCUT2D eigenvalue weighted by atomic mass is 35.5. The SMILES string of the molecule is CCC(Cl)CCNC(=O)CCOc1ccccc1. The van der Waals surface area contributed by atoms with E-state index in [0.29, 0.717) is 19.6 Å². The Labute approximate surface area is 113 Å². The van der Waals surface area contributed by atoms with E-state index in [9.17, 15) is 4.79 Å². The molecule has 0 fully saturated rings. The second-order valence-corrected chi connectivity index (χ2v) is 4.67. The van der Waals surface area contributed by atoms with Crippen molar-refractivity contribution in [2.24, 2.45) is 0 Å². The third-order valence-corrected chi connectivity index (χ3v) is 3.09. The van der Waals surface area contributed by atoms with Gasteiger partial charge < -0.3 is 10.1 Å². The van der Waals surface area contributed by atoms with E-state index in [-0.39, 0.29) is 11.3 Å².